The molecule has 0 unspecified atom stereocenters. The Morgan fingerprint density at radius 2 is 1.55 bits per heavy atom. The van der Waals surface area contributed by atoms with Crippen LogP contribution in [0.3, 0.4) is 0 Å². The van der Waals surface area contributed by atoms with Crippen molar-refractivity contribution in [2.45, 2.75) is 20.3 Å². The number of anilines is 1. The number of amides is 1. The molecule has 3 aromatic carbocycles. The Bertz CT molecular complexity index is 1140. The van der Waals surface area contributed by atoms with Gasteiger partial charge in [-0.25, -0.2) is 9.97 Å². The van der Waals surface area contributed by atoms with Crippen LogP contribution in [0.25, 0.3) is 22.3 Å². The maximum Gasteiger partial charge on any atom is 0.275 e. The van der Waals surface area contributed by atoms with E-state index < -0.39 is 0 Å². The van der Waals surface area contributed by atoms with E-state index in [2.05, 4.69) is 36.3 Å². The van der Waals surface area contributed by atoms with Crippen LogP contribution in [0.4, 0.5) is 5.69 Å². The number of rotatable bonds is 5. The van der Waals surface area contributed by atoms with Gasteiger partial charge in [-0.05, 0) is 36.1 Å². The summed E-state index contributed by atoms with van der Waals surface area (Å²) in [4.78, 5) is 22.3. The number of nitrogens with one attached hydrogen (secondary N) is 1. The number of hydrogen-bond acceptors (Lipinski definition) is 3. The lowest BCUT2D eigenvalue weighted by Crippen LogP contribution is -2.15. The molecular formula is C25H23N3O. The summed E-state index contributed by atoms with van der Waals surface area (Å²) in [7, 11) is 0. The SMILES string of the molecule is CC(C)Cc1ccc(-c2nc(C(=O)Nc3ccccc3)c3ccccc3n2)cc1. The van der Waals surface area contributed by atoms with Crippen molar-refractivity contribution in [1.29, 1.82) is 0 Å². The molecule has 0 bridgehead atoms. The number of hydrogen-bond donors (Lipinski definition) is 1. The lowest BCUT2D eigenvalue weighted by Gasteiger charge is -2.10. The van der Waals surface area contributed by atoms with Crippen molar-refractivity contribution in [3.05, 3.63) is 90.1 Å². The van der Waals surface area contributed by atoms with Crippen molar-refractivity contribution in [3.8, 4) is 11.4 Å². The third-order valence-electron chi connectivity index (χ3n) is 4.71. The molecule has 29 heavy (non-hydrogen) atoms. The van der Waals surface area contributed by atoms with E-state index in [0.717, 1.165) is 28.6 Å². The molecule has 1 aromatic heterocycles. The van der Waals surface area contributed by atoms with Gasteiger partial charge in [-0.2, -0.15) is 0 Å². The smallest absolute Gasteiger partial charge is 0.275 e. The minimum atomic E-state index is -0.243. The summed E-state index contributed by atoms with van der Waals surface area (Å²) >= 11 is 0. The highest BCUT2D eigenvalue weighted by molar-refractivity contribution is 6.11. The molecule has 0 saturated heterocycles. The van der Waals surface area contributed by atoms with E-state index in [9.17, 15) is 4.79 Å². The molecule has 0 saturated carbocycles. The predicted octanol–water partition coefficient (Wildman–Crippen LogP) is 5.75. The van der Waals surface area contributed by atoms with Crippen LogP contribution >= 0.6 is 0 Å². The normalized spacial score (nSPS) is 11.0. The third kappa shape index (κ3) is 4.32. The summed E-state index contributed by atoms with van der Waals surface area (Å²) in [6, 6.07) is 25.3. The second-order valence-corrected chi connectivity index (χ2v) is 7.53. The summed E-state index contributed by atoms with van der Waals surface area (Å²) in [5, 5.41) is 3.67. The number of aromatic nitrogens is 2. The van der Waals surface area contributed by atoms with E-state index in [0.29, 0.717) is 17.4 Å². The zero-order valence-corrected chi connectivity index (χ0v) is 16.6. The highest BCUT2D eigenvalue weighted by Gasteiger charge is 2.16. The number of fused-ring (bicyclic) bond motifs is 1. The molecule has 0 fully saturated rings. The molecule has 0 aliphatic carbocycles. The van der Waals surface area contributed by atoms with Gasteiger partial charge in [-0.15, -0.1) is 0 Å². The van der Waals surface area contributed by atoms with Crippen LogP contribution in [0.1, 0.15) is 29.9 Å². The Balaban J connectivity index is 1.73. The minimum Gasteiger partial charge on any atom is -0.321 e. The topological polar surface area (TPSA) is 54.9 Å². The number of benzene rings is 3. The van der Waals surface area contributed by atoms with Gasteiger partial charge in [0.15, 0.2) is 5.82 Å². The number of nitrogens with zero attached hydrogens (tertiary/aromatic N) is 2. The monoisotopic (exact) mass is 381 g/mol. The average Bonchev–Trinajstić information content (AvgIpc) is 2.74. The molecular weight excluding hydrogens is 358 g/mol. The third-order valence-corrected chi connectivity index (χ3v) is 4.71. The highest BCUT2D eigenvalue weighted by Crippen LogP contribution is 2.23. The number of carbonyl (C=O) groups is 1. The molecule has 0 spiro atoms. The molecule has 4 aromatic rings. The first-order chi connectivity index (χ1) is 14.1. The second kappa shape index (κ2) is 8.23. The van der Waals surface area contributed by atoms with Crippen LogP contribution in [0.2, 0.25) is 0 Å². The minimum absolute atomic E-state index is 0.243. The first-order valence-corrected chi connectivity index (χ1v) is 9.82. The average molecular weight is 381 g/mol. The first-order valence-electron chi connectivity index (χ1n) is 9.82. The van der Waals surface area contributed by atoms with Gasteiger partial charge in [-0.3, -0.25) is 4.79 Å². The lowest BCUT2D eigenvalue weighted by molar-refractivity contribution is 0.102. The van der Waals surface area contributed by atoms with Gasteiger partial charge in [0, 0.05) is 16.6 Å². The molecule has 1 amide bonds. The van der Waals surface area contributed by atoms with Crippen molar-refractivity contribution in [2.75, 3.05) is 5.32 Å². The fourth-order valence-electron chi connectivity index (χ4n) is 3.35. The predicted molar refractivity (Wildman–Crippen MR) is 118 cm³/mol. The Labute approximate surface area is 170 Å². The standard InChI is InChI=1S/C25H23N3O/c1-17(2)16-18-12-14-19(15-13-18)24-27-22-11-7-6-10-21(22)23(28-24)25(29)26-20-8-4-3-5-9-20/h3-15,17H,16H2,1-2H3,(H,26,29). The van der Waals surface area contributed by atoms with Crippen molar-refractivity contribution in [3.63, 3.8) is 0 Å². The van der Waals surface area contributed by atoms with Crippen LogP contribution in [-0.4, -0.2) is 15.9 Å². The summed E-state index contributed by atoms with van der Waals surface area (Å²) in [5.74, 6) is 0.913. The van der Waals surface area contributed by atoms with Crippen molar-refractivity contribution < 1.29 is 4.79 Å². The molecule has 0 atom stereocenters. The Morgan fingerprint density at radius 3 is 2.28 bits per heavy atom. The fourth-order valence-corrected chi connectivity index (χ4v) is 3.35. The zero-order chi connectivity index (χ0) is 20.2. The quantitative estimate of drug-likeness (QED) is 0.479. The van der Waals surface area contributed by atoms with E-state index in [-0.39, 0.29) is 5.91 Å². The summed E-state index contributed by atoms with van der Waals surface area (Å²) < 4.78 is 0. The summed E-state index contributed by atoms with van der Waals surface area (Å²) in [5.41, 5.74) is 4.05. The van der Waals surface area contributed by atoms with Crippen LogP contribution in [0, 0.1) is 5.92 Å². The molecule has 0 aliphatic rings. The zero-order valence-electron chi connectivity index (χ0n) is 16.6. The molecule has 4 rings (SSSR count). The fraction of sp³-hybridized carbons (Fsp3) is 0.160. The number of para-hydroxylation sites is 2. The Hall–Kier alpha value is -3.53. The van der Waals surface area contributed by atoms with E-state index in [4.69, 9.17) is 4.98 Å². The Kier molecular flexibility index (Phi) is 5.34. The largest absolute Gasteiger partial charge is 0.321 e. The Morgan fingerprint density at radius 1 is 0.862 bits per heavy atom. The van der Waals surface area contributed by atoms with Gasteiger partial charge in [-0.1, -0.05) is 74.5 Å². The molecule has 1 heterocycles. The van der Waals surface area contributed by atoms with E-state index >= 15 is 0 Å². The van der Waals surface area contributed by atoms with Crippen LogP contribution in [-0.2, 0) is 6.42 Å². The maximum absolute atomic E-state index is 13.0. The van der Waals surface area contributed by atoms with Gasteiger partial charge in [0.25, 0.3) is 5.91 Å². The summed E-state index contributed by atoms with van der Waals surface area (Å²) in [6.07, 6.45) is 1.03. The molecule has 4 heteroatoms. The maximum atomic E-state index is 13.0. The van der Waals surface area contributed by atoms with Gasteiger partial charge in [0.2, 0.25) is 0 Å². The second-order valence-electron chi connectivity index (χ2n) is 7.53. The molecule has 0 aliphatic heterocycles. The molecule has 4 nitrogen and oxygen atoms in total. The molecule has 1 N–H and O–H groups in total. The first kappa shape index (κ1) is 18.8. The van der Waals surface area contributed by atoms with Gasteiger partial charge < -0.3 is 5.32 Å². The van der Waals surface area contributed by atoms with Crippen molar-refractivity contribution >= 4 is 22.5 Å². The van der Waals surface area contributed by atoms with Gasteiger partial charge in [0.05, 0.1) is 5.52 Å². The van der Waals surface area contributed by atoms with E-state index in [1.807, 2.05) is 66.7 Å². The summed E-state index contributed by atoms with van der Waals surface area (Å²) in [6.45, 7) is 4.41. The van der Waals surface area contributed by atoms with E-state index in [1.165, 1.54) is 5.56 Å². The van der Waals surface area contributed by atoms with Crippen molar-refractivity contribution in [2.24, 2.45) is 5.92 Å². The molecule has 0 radical (unpaired) electrons. The number of carbonyl (C=O) groups excluding carboxylic acids is 1. The van der Waals surface area contributed by atoms with Gasteiger partial charge in [0.1, 0.15) is 5.69 Å². The highest BCUT2D eigenvalue weighted by atomic mass is 16.1. The van der Waals surface area contributed by atoms with Crippen LogP contribution in [0.5, 0.6) is 0 Å². The van der Waals surface area contributed by atoms with Crippen LogP contribution in [0.15, 0.2) is 78.9 Å². The molecule has 144 valence electrons. The van der Waals surface area contributed by atoms with Gasteiger partial charge >= 0.3 is 0 Å². The van der Waals surface area contributed by atoms with Crippen LogP contribution < -0.4 is 5.32 Å². The van der Waals surface area contributed by atoms with Crippen molar-refractivity contribution in [1.82, 2.24) is 9.97 Å². The van der Waals surface area contributed by atoms with E-state index in [1.54, 1.807) is 0 Å². The lowest BCUT2D eigenvalue weighted by atomic mass is 10.0.